The van der Waals surface area contributed by atoms with Crippen LogP contribution in [-0.4, -0.2) is 27.8 Å². The Morgan fingerprint density at radius 1 is 1.20 bits per heavy atom. The standard InChI is InChI=1S/C22H19N3O2S3/c1-2-24-21(27)19-15(17-8-5-11-28-17)12-29-20(19)23-22(24)30-13-18(26)25-10-9-14-6-3-4-7-16(14)25/h3-8,11-12H,2,9-10,13H2,1H3. The Hall–Kier alpha value is -2.42. The lowest BCUT2D eigenvalue weighted by molar-refractivity contribution is -0.116. The van der Waals surface area contributed by atoms with Crippen LogP contribution in [0.15, 0.2) is 57.1 Å². The monoisotopic (exact) mass is 453 g/mol. The Bertz CT molecular complexity index is 1290. The van der Waals surface area contributed by atoms with Crippen molar-refractivity contribution in [2.24, 2.45) is 0 Å². The Morgan fingerprint density at radius 2 is 2.07 bits per heavy atom. The predicted octanol–water partition coefficient (Wildman–Crippen LogP) is 4.89. The molecule has 1 aromatic carbocycles. The molecule has 1 aliphatic heterocycles. The van der Waals surface area contributed by atoms with Crippen LogP contribution in [0.1, 0.15) is 12.5 Å². The smallest absolute Gasteiger partial charge is 0.263 e. The average molecular weight is 454 g/mol. The highest BCUT2D eigenvalue weighted by atomic mass is 32.2. The molecule has 152 valence electrons. The van der Waals surface area contributed by atoms with Gasteiger partial charge in [0.05, 0.1) is 11.1 Å². The van der Waals surface area contributed by atoms with Crippen molar-refractivity contribution in [3.8, 4) is 10.4 Å². The summed E-state index contributed by atoms with van der Waals surface area (Å²) in [5.74, 6) is 0.308. The number of carbonyl (C=O) groups is 1. The van der Waals surface area contributed by atoms with E-state index < -0.39 is 0 Å². The van der Waals surface area contributed by atoms with E-state index in [1.165, 1.54) is 28.7 Å². The molecule has 3 aromatic heterocycles. The van der Waals surface area contributed by atoms with Gasteiger partial charge >= 0.3 is 0 Å². The minimum absolute atomic E-state index is 0.0337. The maximum atomic E-state index is 13.2. The fourth-order valence-corrected chi connectivity index (χ4v) is 6.55. The van der Waals surface area contributed by atoms with Crippen LogP contribution in [0.4, 0.5) is 5.69 Å². The van der Waals surface area contributed by atoms with Crippen LogP contribution >= 0.6 is 34.4 Å². The predicted molar refractivity (Wildman–Crippen MR) is 126 cm³/mol. The van der Waals surface area contributed by atoms with Gasteiger partial charge in [0, 0.05) is 34.6 Å². The van der Waals surface area contributed by atoms with Gasteiger partial charge in [0.15, 0.2) is 5.16 Å². The highest BCUT2D eigenvalue weighted by molar-refractivity contribution is 7.99. The van der Waals surface area contributed by atoms with Crippen molar-refractivity contribution >= 4 is 56.2 Å². The summed E-state index contributed by atoms with van der Waals surface area (Å²) in [5, 5.41) is 5.30. The van der Waals surface area contributed by atoms with Gasteiger partial charge in [0.25, 0.3) is 5.56 Å². The zero-order chi connectivity index (χ0) is 20.7. The molecule has 0 spiro atoms. The van der Waals surface area contributed by atoms with Gasteiger partial charge in [-0.05, 0) is 36.4 Å². The Balaban J connectivity index is 1.44. The van der Waals surface area contributed by atoms with Gasteiger partial charge < -0.3 is 4.90 Å². The largest absolute Gasteiger partial charge is 0.311 e. The molecule has 0 N–H and O–H groups in total. The van der Waals surface area contributed by atoms with E-state index in [1.54, 1.807) is 15.9 Å². The normalized spacial score (nSPS) is 13.2. The van der Waals surface area contributed by atoms with Crippen LogP contribution in [0.25, 0.3) is 20.7 Å². The van der Waals surface area contributed by atoms with Crippen molar-refractivity contribution in [1.29, 1.82) is 0 Å². The summed E-state index contributed by atoms with van der Waals surface area (Å²) in [5.41, 5.74) is 3.12. The second kappa shape index (κ2) is 8.02. The second-order valence-electron chi connectivity index (χ2n) is 6.96. The van der Waals surface area contributed by atoms with E-state index in [2.05, 4.69) is 6.07 Å². The maximum Gasteiger partial charge on any atom is 0.263 e. The number of amides is 1. The van der Waals surface area contributed by atoms with Gasteiger partial charge in [0.1, 0.15) is 4.83 Å². The van der Waals surface area contributed by atoms with Crippen LogP contribution < -0.4 is 10.5 Å². The third-order valence-corrected chi connectivity index (χ3v) is 8.01. The number of hydrogen-bond acceptors (Lipinski definition) is 6. The van der Waals surface area contributed by atoms with Gasteiger partial charge in [0.2, 0.25) is 5.91 Å². The molecule has 0 unspecified atom stereocenters. The summed E-state index contributed by atoms with van der Waals surface area (Å²) in [6.45, 7) is 3.17. The molecule has 0 saturated carbocycles. The number of rotatable bonds is 5. The van der Waals surface area contributed by atoms with E-state index in [1.807, 2.05) is 52.9 Å². The number of anilines is 1. The SMILES string of the molecule is CCn1c(SCC(=O)N2CCc3ccccc32)nc2scc(-c3cccs3)c2c1=O. The summed E-state index contributed by atoms with van der Waals surface area (Å²) in [7, 11) is 0. The first-order valence-corrected chi connectivity index (χ1v) is 12.5. The van der Waals surface area contributed by atoms with Gasteiger partial charge in [-0.2, -0.15) is 0 Å². The van der Waals surface area contributed by atoms with Crippen molar-refractivity contribution in [3.05, 3.63) is 63.1 Å². The number of thiophene rings is 2. The number of aromatic nitrogens is 2. The number of carbonyl (C=O) groups excluding carboxylic acids is 1. The van der Waals surface area contributed by atoms with E-state index in [-0.39, 0.29) is 17.2 Å². The highest BCUT2D eigenvalue weighted by Crippen LogP contribution is 2.35. The average Bonchev–Trinajstić information content (AvgIpc) is 3.50. The first kappa shape index (κ1) is 19.5. The molecule has 30 heavy (non-hydrogen) atoms. The lowest BCUT2D eigenvalue weighted by Crippen LogP contribution is -2.31. The topological polar surface area (TPSA) is 55.2 Å². The van der Waals surface area contributed by atoms with Crippen LogP contribution in [0.5, 0.6) is 0 Å². The summed E-state index contributed by atoms with van der Waals surface area (Å²) in [6, 6.07) is 12.0. The molecule has 4 heterocycles. The molecular formula is C22H19N3O2S3. The second-order valence-corrected chi connectivity index (χ2v) is 9.71. The van der Waals surface area contributed by atoms with Crippen LogP contribution in [0.3, 0.4) is 0 Å². The van der Waals surface area contributed by atoms with Crippen LogP contribution in [0.2, 0.25) is 0 Å². The quantitative estimate of drug-likeness (QED) is 0.319. The molecule has 8 heteroatoms. The molecule has 5 rings (SSSR count). The van der Waals surface area contributed by atoms with Crippen molar-refractivity contribution < 1.29 is 4.79 Å². The molecular weight excluding hydrogens is 434 g/mol. The molecule has 1 amide bonds. The van der Waals surface area contributed by atoms with Crippen molar-refractivity contribution in [2.45, 2.75) is 25.0 Å². The van der Waals surface area contributed by atoms with Gasteiger partial charge in [-0.15, -0.1) is 22.7 Å². The van der Waals surface area contributed by atoms with Gasteiger partial charge in [-0.25, -0.2) is 4.98 Å². The van der Waals surface area contributed by atoms with Crippen LogP contribution in [-0.2, 0) is 17.8 Å². The molecule has 1 aliphatic rings. The minimum Gasteiger partial charge on any atom is -0.311 e. The summed E-state index contributed by atoms with van der Waals surface area (Å²) in [6.07, 6.45) is 0.886. The van der Waals surface area contributed by atoms with Gasteiger partial charge in [-0.1, -0.05) is 36.0 Å². The lowest BCUT2D eigenvalue weighted by Gasteiger charge is -2.17. The lowest BCUT2D eigenvalue weighted by atomic mass is 10.2. The minimum atomic E-state index is -0.0337. The van der Waals surface area contributed by atoms with E-state index in [4.69, 9.17) is 4.98 Å². The Morgan fingerprint density at radius 3 is 2.87 bits per heavy atom. The molecule has 0 atom stereocenters. The van der Waals surface area contributed by atoms with Crippen molar-refractivity contribution in [1.82, 2.24) is 9.55 Å². The van der Waals surface area contributed by atoms with Crippen molar-refractivity contribution in [3.63, 3.8) is 0 Å². The zero-order valence-corrected chi connectivity index (χ0v) is 18.8. The number of fused-ring (bicyclic) bond motifs is 2. The maximum absolute atomic E-state index is 13.2. The first-order valence-electron chi connectivity index (χ1n) is 9.74. The van der Waals surface area contributed by atoms with Gasteiger partial charge in [-0.3, -0.25) is 14.2 Å². The Kier molecular flexibility index (Phi) is 5.22. The van der Waals surface area contributed by atoms with E-state index in [0.717, 1.165) is 27.4 Å². The third-order valence-electron chi connectivity index (χ3n) is 5.27. The van der Waals surface area contributed by atoms with E-state index in [0.29, 0.717) is 23.6 Å². The third kappa shape index (κ3) is 3.29. The van der Waals surface area contributed by atoms with E-state index >= 15 is 0 Å². The molecule has 0 radical (unpaired) electrons. The zero-order valence-electron chi connectivity index (χ0n) is 16.3. The molecule has 0 fully saturated rings. The number of benzene rings is 1. The molecule has 0 aliphatic carbocycles. The summed E-state index contributed by atoms with van der Waals surface area (Å²) >= 11 is 4.45. The number of hydrogen-bond donors (Lipinski definition) is 0. The fourth-order valence-electron chi connectivity index (χ4n) is 3.81. The number of nitrogens with zero attached hydrogens (tertiary/aromatic N) is 3. The summed E-state index contributed by atoms with van der Waals surface area (Å²) in [4.78, 5) is 34.5. The Labute approximate surface area is 186 Å². The summed E-state index contributed by atoms with van der Waals surface area (Å²) < 4.78 is 1.68. The van der Waals surface area contributed by atoms with E-state index in [9.17, 15) is 9.59 Å². The number of thioether (sulfide) groups is 1. The highest BCUT2D eigenvalue weighted by Gasteiger charge is 2.25. The molecule has 5 nitrogen and oxygen atoms in total. The molecule has 0 bridgehead atoms. The first-order chi connectivity index (χ1) is 14.7. The van der Waals surface area contributed by atoms with Crippen LogP contribution in [0, 0.1) is 0 Å². The fraction of sp³-hybridized carbons (Fsp3) is 0.227. The van der Waals surface area contributed by atoms with Crippen molar-refractivity contribution in [2.75, 3.05) is 17.2 Å². The number of para-hydroxylation sites is 1. The molecule has 0 saturated heterocycles. The molecule has 4 aromatic rings.